The maximum atomic E-state index is 12.1. The minimum Gasteiger partial charge on any atom is -0.341 e. The maximum absolute atomic E-state index is 12.1. The molecule has 1 amide bonds. The fourth-order valence-electron chi connectivity index (χ4n) is 2.25. The Morgan fingerprint density at radius 1 is 1.31 bits per heavy atom. The third-order valence-electron chi connectivity index (χ3n) is 3.91. The first-order valence-corrected chi connectivity index (χ1v) is 6.59. The van der Waals surface area contributed by atoms with Crippen LogP contribution in [0, 0.1) is 0 Å². The molecule has 3 nitrogen and oxygen atoms in total. The van der Waals surface area contributed by atoms with Gasteiger partial charge in [-0.25, -0.2) is 0 Å². The number of hydrogen-bond donors (Lipinski definition) is 1. The zero-order valence-corrected chi connectivity index (χ0v) is 11.2. The zero-order chi connectivity index (χ0) is 12.2. The van der Waals surface area contributed by atoms with Gasteiger partial charge in [-0.2, -0.15) is 0 Å². The second-order valence-corrected chi connectivity index (χ2v) is 5.17. The summed E-state index contributed by atoms with van der Waals surface area (Å²) in [5.74, 6) is 0.269. The molecule has 1 heterocycles. The van der Waals surface area contributed by atoms with Crippen molar-refractivity contribution in [2.24, 2.45) is 0 Å². The van der Waals surface area contributed by atoms with Crippen molar-refractivity contribution in [3.63, 3.8) is 0 Å². The second-order valence-electron chi connectivity index (χ2n) is 5.17. The molecular formula is C13H26N2O. The molecule has 94 valence electrons. The van der Waals surface area contributed by atoms with E-state index in [0.29, 0.717) is 0 Å². The molecule has 1 atom stereocenters. The summed E-state index contributed by atoms with van der Waals surface area (Å²) in [6, 6.07) is -0.0528. The lowest BCUT2D eigenvalue weighted by Crippen LogP contribution is -2.52. The van der Waals surface area contributed by atoms with Crippen LogP contribution < -0.4 is 5.32 Å². The van der Waals surface area contributed by atoms with Gasteiger partial charge in [0, 0.05) is 18.6 Å². The van der Waals surface area contributed by atoms with Crippen LogP contribution in [0.3, 0.4) is 0 Å². The van der Waals surface area contributed by atoms with Crippen molar-refractivity contribution in [2.45, 2.75) is 65.0 Å². The van der Waals surface area contributed by atoms with E-state index in [4.69, 9.17) is 0 Å². The average Bonchev–Trinajstić information content (AvgIpc) is 2.81. The number of amides is 1. The highest BCUT2D eigenvalue weighted by Crippen LogP contribution is 2.16. The topological polar surface area (TPSA) is 32.3 Å². The molecule has 0 bridgehead atoms. The number of hydrogen-bond acceptors (Lipinski definition) is 2. The van der Waals surface area contributed by atoms with Gasteiger partial charge in [-0.3, -0.25) is 4.79 Å². The standard InChI is InChI=1S/C13H26N2O/c1-5-13(4,6-2)14-11(3)12(16)15-9-7-8-10-15/h11,14H,5-10H2,1-4H3. The number of rotatable bonds is 5. The average molecular weight is 226 g/mol. The molecule has 1 aliphatic rings. The van der Waals surface area contributed by atoms with Gasteiger partial charge in [-0.05, 0) is 39.5 Å². The normalized spacial score (nSPS) is 18.9. The van der Waals surface area contributed by atoms with Crippen molar-refractivity contribution >= 4 is 5.91 Å². The molecule has 16 heavy (non-hydrogen) atoms. The summed E-state index contributed by atoms with van der Waals surface area (Å²) < 4.78 is 0. The zero-order valence-electron chi connectivity index (χ0n) is 11.2. The largest absolute Gasteiger partial charge is 0.341 e. The molecule has 0 aromatic heterocycles. The van der Waals surface area contributed by atoms with E-state index in [1.165, 1.54) is 0 Å². The van der Waals surface area contributed by atoms with Crippen molar-refractivity contribution < 1.29 is 4.79 Å². The molecule has 0 radical (unpaired) electrons. The summed E-state index contributed by atoms with van der Waals surface area (Å²) in [4.78, 5) is 14.1. The van der Waals surface area contributed by atoms with E-state index in [2.05, 4.69) is 26.1 Å². The van der Waals surface area contributed by atoms with Crippen LogP contribution in [-0.4, -0.2) is 35.5 Å². The predicted molar refractivity (Wildman–Crippen MR) is 67.4 cm³/mol. The Morgan fingerprint density at radius 2 is 1.81 bits per heavy atom. The SMILES string of the molecule is CCC(C)(CC)NC(C)C(=O)N1CCCC1. The quantitative estimate of drug-likeness (QED) is 0.779. The number of carbonyl (C=O) groups is 1. The Labute approximate surface area is 99.6 Å². The van der Waals surface area contributed by atoms with Crippen molar-refractivity contribution in [2.75, 3.05) is 13.1 Å². The van der Waals surface area contributed by atoms with E-state index in [0.717, 1.165) is 38.8 Å². The predicted octanol–water partition coefficient (Wildman–Crippen LogP) is 2.17. The lowest BCUT2D eigenvalue weighted by Gasteiger charge is -2.33. The summed E-state index contributed by atoms with van der Waals surface area (Å²) in [6.45, 7) is 10.4. The minimum absolute atomic E-state index is 0.0528. The molecule has 3 heteroatoms. The highest BCUT2D eigenvalue weighted by molar-refractivity contribution is 5.81. The first kappa shape index (κ1) is 13.5. The van der Waals surface area contributed by atoms with Crippen molar-refractivity contribution in [3.8, 4) is 0 Å². The molecule has 1 unspecified atom stereocenters. The highest BCUT2D eigenvalue weighted by Gasteiger charge is 2.28. The molecular weight excluding hydrogens is 200 g/mol. The summed E-state index contributed by atoms with van der Waals surface area (Å²) in [5.41, 5.74) is 0.0921. The first-order chi connectivity index (χ1) is 7.52. The Kier molecular flexibility index (Phi) is 4.78. The molecule has 1 aliphatic heterocycles. The van der Waals surface area contributed by atoms with Gasteiger partial charge in [0.2, 0.25) is 5.91 Å². The van der Waals surface area contributed by atoms with Crippen LogP contribution in [0.4, 0.5) is 0 Å². The molecule has 0 spiro atoms. The van der Waals surface area contributed by atoms with Crippen LogP contribution in [0.2, 0.25) is 0 Å². The number of carbonyl (C=O) groups excluding carboxylic acids is 1. The minimum atomic E-state index is -0.0528. The first-order valence-electron chi connectivity index (χ1n) is 6.59. The molecule has 0 saturated carbocycles. The van der Waals surface area contributed by atoms with Crippen molar-refractivity contribution in [1.82, 2.24) is 10.2 Å². The summed E-state index contributed by atoms with van der Waals surface area (Å²) >= 11 is 0. The van der Waals surface area contributed by atoms with E-state index in [1.807, 2.05) is 11.8 Å². The van der Waals surface area contributed by atoms with E-state index in [9.17, 15) is 4.79 Å². The summed E-state index contributed by atoms with van der Waals surface area (Å²) in [5, 5.41) is 3.48. The molecule has 0 aromatic rings. The van der Waals surface area contributed by atoms with Gasteiger partial charge in [0.25, 0.3) is 0 Å². The number of nitrogens with zero attached hydrogens (tertiary/aromatic N) is 1. The van der Waals surface area contributed by atoms with Crippen LogP contribution in [0.5, 0.6) is 0 Å². The van der Waals surface area contributed by atoms with Gasteiger partial charge >= 0.3 is 0 Å². The van der Waals surface area contributed by atoms with E-state index in [-0.39, 0.29) is 17.5 Å². The van der Waals surface area contributed by atoms with Crippen molar-refractivity contribution in [1.29, 1.82) is 0 Å². The van der Waals surface area contributed by atoms with Gasteiger partial charge in [-0.1, -0.05) is 13.8 Å². The number of nitrogens with one attached hydrogen (secondary N) is 1. The highest BCUT2D eigenvalue weighted by atomic mass is 16.2. The number of likely N-dealkylation sites (tertiary alicyclic amines) is 1. The van der Waals surface area contributed by atoms with Gasteiger partial charge in [0.1, 0.15) is 0 Å². The van der Waals surface area contributed by atoms with Crippen LogP contribution in [0.1, 0.15) is 53.4 Å². The monoisotopic (exact) mass is 226 g/mol. The molecule has 0 aromatic carbocycles. The fourth-order valence-corrected chi connectivity index (χ4v) is 2.25. The Balaban J connectivity index is 2.50. The van der Waals surface area contributed by atoms with E-state index in [1.54, 1.807) is 0 Å². The fraction of sp³-hybridized carbons (Fsp3) is 0.923. The Hall–Kier alpha value is -0.570. The lowest BCUT2D eigenvalue weighted by atomic mass is 9.94. The van der Waals surface area contributed by atoms with Gasteiger partial charge in [0.05, 0.1) is 6.04 Å². The van der Waals surface area contributed by atoms with Gasteiger partial charge in [-0.15, -0.1) is 0 Å². The van der Waals surface area contributed by atoms with Crippen LogP contribution in [0.25, 0.3) is 0 Å². The maximum Gasteiger partial charge on any atom is 0.239 e. The summed E-state index contributed by atoms with van der Waals surface area (Å²) in [7, 11) is 0. The van der Waals surface area contributed by atoms with Gasteiger partial charge < -0.3 is 10.2 Å². The third kappa shape index (κ3) is 3.21. The molecule has 1 N–H and O–H groups in total. The molecule has 1 fully saturated rings. The van der Waals surface area contributed by atoms with Crippen LogP contribution >= 0.6 is 0 Å². The smallest absolute Gasteiger partial charge is 0.239 e. The molecule has 0 aliphatic carbocycles. The van der Waals surface area contributed by atoms with Gasteiger partial charge in [0.15, 0.2) is 0 Å². The third-order valence-corrected chi connectivity index (χ3v) is 3.91. The molecule has 1 rings (SSSR count). The van der Waals surface area contributed by atoms with E-state index < -0.39 is 0 Å². The second kappa shape index (κ2) is 5.67. The Morgan fingerprint density at radius 3 is 2.25 bits per heavy atom. The Bertz CT molecular complexity index is 230. The van der Waals surface area contributed by atoms with Crippen molar-refractivity contribution in [3.05, 3.63) is 0 Å². The molecule has 1 saturated heterocycles. The summed E-state index contributed by atoms with van der Waals surface area (Å²) in [6.07, 6.45) is 4.44. The van der Waals surface area contributed by atoms with E-state index >= 15 is 0 Å². The van der Waals surface area contributed by atoms with Crippen LogP contribution in [0.15, 0.2) is 0 Å². The lowest BCUT2D eigenvalue weighted by molar-refractivity contribution is -0.132. The van der Waals surface area contributed by atoms with Crippen LogP contribution in [-0.2, 0) is 4.79 Å².